The first-order valence-corrected chi connectivity index (χ1v) is 7.24. The molecule has 2 heterocycles. The van der Waals surface area contributed by atoms with Gasteiger partial charge in [0.25, 0.3) is 5.91 Å². The van der Waals surface area contributed by atoms with E-state index in [1.165, 1.54) is 0 Å². The average molecular weight is 323 g/mol. The molecule has 1 atom stereocenters. The van der Waals surface area contributed by atoms with Gasteiger partial charge in [0.15, 0.2) is 0 Å². The summed E-state index contributed by atoms with van der Waals surface area (Å²) in [7, 11) is 0. The lowest BCUT2D eigenvalue weighted by atomic mass is 9.99. The summed E-state index contributed by atoms with van der Waals surface area (Å²) in [4.78, 5) is 12.3. The number of carbonyl (C=O) groups is 1. The summed E-state index contributed by atoms with van der Waals surface area (Å²) in [6.07, 6.45) is 1.53. The number of hydrogen-bond acceptors (Lipinski definition) is 3. The van der Waals surface area contributed by atoms with E-state index >= 15 is 0 Å². The minimum atomic E-state index is -0.0605. The molecule has 100 valence electrons. The van der Waals surface area contributed by atoms with Gasteiger partial charge in [-0.25, -0.2) is 5.01 Å². The van der Waals surface area contributed by atoms with Crippen molar-refractivity contribution in [3.8, 4) is 0 Å². The molecule has 1 amide bonds. The van der Waals surface area contributed by atoms with Crippen molar-refractivity contribution >= 4 is 27.5 Å². The minimum absolute atomic E-state index is 0.0605. The molecule has 19 heavy (non-hydrogen) atoms. The monoisotopic (exact) mass is 322 g/mol. The second kappa shape index (κ2) is 5.43. The van der Waals surface area contributed by atoms with Gasteiger partial charge in [-0.15, -0.1) is 0 Å². The Kier molecular flexibility index (Phi) is 3.66. The van der Waals surface area contributed by atoms with E-state index in [0.717, 1.165) is 28.6 Å². The second-order valence-electron chi connectivity index (χ2n) is 4.82. The lowest BCUT2D eigenvalue weighted by Gasteiger charge is -2.14. The van der Waals surface area contributed by atoms with E-state index < -0.39 is 0 Å². The van der Waals surface area contributed by atoms with Gasteiger partial charge in [-0.3, -0.25) is 4.79 Å². The van der Waals surface area contributed by atoms with Crippen LogP contribution in [0.4, 0.5) is 0 Å². The fourth-order valence-corrected chi connectivity index (χ4v) is 2.96. The van der Waals surface area contributed by atoms with Crippen LogP contribution in [0.25, 0.3) is 0 Å². The van der Waals surface area contributed by atoms with Gasteiger partial charge in [-0.05, 0) is 24.1 Å². The largest absolute Gasteiger partial charge is 0.381 e. The smallest absolute Gasteiger partial charge is 0.251 e. The van der Waals surface area contributed by atoms with Crippen LogP contribution in [0.1, 0.15) is 18.4 Å². The molecule has 1 unspecified atom stereocenters. The third-order valence-electron chi connectivity index (χ3n) is 3.48. The molecule has 1 aromatic rings. The van der Waals surface area contributed by atoms with E-state index in [1.54, 1.807) is 5.01 Å². The maximum absolute atomic E-state index is 12.3. The molecule has 3 rings (SSSR count). The number of carbonyl (C=O) groups excluding carboxylic acids is 1. The van der Waals surface area contributed by atoms with Crippen molar-refractivity contribution in [3.63, 3.8) is 0 Å². The molecule has 2 aliphatic heterocycles. The number of rotatable bonds is 2. The van der Waals surface area contributed by atoms with Crippen molar-refractivity contribution in [2.75, 3.05) is 13.2 Å². The highest BCUT2D eigenvalue weighted by Gasteiger charge is 2.36. The topological polar surface area (TPSA) is 41.9 Å². The first-order valence-electron chi connectivity index (χ1n) is 6.45. The van der Waals surface area contributed by atoms with Gasteiger partial charge < -0.3 is 4.74 Å². The highest BCUT2D eigenvalue weighted by Crippen LogP contribution is 2.25. The van der Waals surface area contributed by atoms with Crippen LogP contribution >= 0.6 is 15.9 Å². The van der Waals surface area contributed by atoms with E-state index in [4.69, 9.17) is 4.74 Å². The molecule has 0 N–H and O–H groups in total. The van der Waals surface area contributed by atoms with Crippen molar-refractivity contribution in [2.45, 2.75) is 19.4 Å². The van der Waals surface area contributed by atoms with Crippen molar-refractivity contribution in [3.05, 3.63) is 34.3 Å². The molecule has 4 nitrogen and oxygen atoms in total. The summed E-state index contributed by atoms with van der Waals surface area (Å²) >= 11 is 3.44. The Morgan fingerprint density at radius 2 is 2.32 bits per heavy atom. The van der Waals surface area contributed by atoms with E-state index in [-0.39, 0.29) is 11.8 Å². The lowest BCUT2D eigenvalue weighted by molar-refractivity contribution is -0.132. The highest BCUT2D eigenvalue weighted by molar-refractivity contribution is 9.10. The first-order chi connectivity index (χ1) is 9.24. The molecule has 0 spiro atoms. The Hall–Kier alpha value is -1.20. The maximum atomic E-state index is 12.3. The average Bonchev–Trinajstić information content (AvgIpc) is 2.58. The van der Waals surface area contributed by atoms with Crippen LogP contribution in [0.2, 0.25) is 0 Å². The van der Waals surface area contributed by atoms with Gasteiger partial charge >= 0.3 is 0 Å². The predicted octanol–water partition coefficient (Wildman–Crippen LogP) is 2.57. The lowest BCUT2D eigenvalue weighted by Crippen LogP contribution is -2.27. The molecule has 2 aliphatic rings. The summed E-state index contributed by atoms with van der Waals surface area (Å²) in [5, 5.41) is 6.09. The fourth-order valence-electron chi connectivity index (χ4n) is 2.51. The summed E-state index contributed by atoms with van der Waals surface area (Å²) in [6, 6.07) is 7.97. The summed E-state index contributed by atoms with van der Waals surface area (Å²) in [5.41, 5.74) is 2.07. The zero-order valence-corrected chi connectivity index (χ0v) is 12.1. The second-order valence-corrected chi connectivity index (χ2v) is 5.74. The first kappa shape index (κ1) is 12.8. The molecule has 0 bridgehead atoms. The Labute approximate surface area is 120 Å². The number of nitrogens with zero attached hydrogens (tertiary/aromatic N) is 2. The molecule has 0 saturated carbocycles. The van der Waals surface area contributed by atoms with Gasteiger partial charge in [0.1, 0.15) is 0 Å². The van der Waals surface area contributed by atoms with E-state index in [9.17, 15) is 4.79 Å². The minimum Gasteiger partial charge on any atom is -0.381 e. The van der Waals surface area contributed by atoms with Crippen LogP contribution in [0, 0.1) is 5.92 Å². The van der Waals surface area contributed by atoms with E-state index in [1.807, 2.05) is 24.3 Å². The quantitative estimate of drug-likeness (QED) is 0.839. The number of hydrazone groups is 1. The number of ether oxygens (including phenoxy) is 1. The number of halogens is 1. The van der Waals surface area contributed by atoms with Crippen molar-refractivity contribution in [1.29, 1.82) is 0 Å². The van der Waals surface area contributed by atoms with Gasteiger partial charge in [0, 0.05) is 17.5 Å². The SMILES string of the molecule is O=C1C2CCOCCC2=NN1Cc1cccc(Br)c1. The maximum Gasteiger partial charge on any atom is 0.251 e. The number of amides is 1. The summed E-state index contributed by atoms with van der Waals surface area (Å²) < 4.78 is 6.41. The van der Waals surface area contributed by atoms with E-state index in [2.05, 4.69) is 21.0 Å². The van der Waals surface area contributed by atoms with Crippen molar-refractivity contribution in [2.24, 2.45) is 11.0 Å². The third-order valence-corrected chi connectivity index (χ3v) is 3.97. The Balaban J connectivity index is 1.77. The molecule has 1 fully saturated rings. The zero-order valence-electron chi connectivity index (χ0n) is 10.5. The fraction of sp³-hybridized carbons (Fsp3) is 0.429. The molecule has 5 heteroatoms. The van der Waals surface area contributed by atoms with Crippen LogP contribution in [-0.4, -0.2) is 29.8 Å². The molecule has 0 radical (unpaired) electrons. The molecule has 0 aromatic heterocycles. The predicted molar refractivity (Wildman–Crippen MR) is 75.7 cm³/mol. The van der Waals surface area contributed by atoms with Crippen molar-refractivity contribution < 1.29 is 9.53 Å². The van der Waals surface area contributed by atoms with Crippen LogP contribution in [0.3, 0.4) is 0 Å². The molecule has 0 aliphatic carbocycles. The van der Waals surface area contributed by atoms with E-state index in [0.29, 0.717) is 19.8 Å². The van der Waals surface area contributed by atoms with Crippen LogP contribution < -0.4 is 0 Å². The highest BCUT2D eigenvalue weighted by atomic mass is 79.9. The van der Waals surface area contributed by atoms with Gasteiger partial charge in [-0.2, -0.15) is 5.10 Å². The molecule has 1 aromatic carbocycles. The van der Waals surface area contributed by atoms with Gasteiger partial charge in [0.05, 0.1) is 24.8 Å². The molecular weight excluding hydrogens is 308 g/mol. The van der Waals surface area contributed by atoms with Gasteiger partial charge in [-0.1, -0.05) is 28.1 Å². The van der Waals surface area contributed by atoms with Gasteiger partial charge in [0.2, 0.25) is 0 Å². The van der Waals surface area contributed by atoms with Crippen LogP contribution in [0.15, 0.2) is 33.8 Å². The Bertz CT molecular complexity index is 530. The zero-order chi connectivity index (χ0) is 13.2. The summed E-state index contributed by atoms with van der Waals surface area (Å²) in [5.74, 6) is 0.0510. The molecular formula is C14H15BrN2O2. The Morgan fingerprint density at radius 1 is 1.42 bits per heavy atom. The van der Waals surface area contributed by atoms with Crippen molar-refractivity contribution in [1.82, 2.24) is 5.01 Å². The normalized spacial score (nSPS) is 23.0. The number of hydrogen-bond donors (Lipinski definition) is 0. The third kappa shape index (κ3) is 2.72. The Morgan fingerprint density at radius 3 is 3.16 bits per heavy atom. The van der Waals surface area contributed by atoms with Crippen LogP contribution in [0.5, 0.6) is 0 Å². The standard InChI is InChI=1S/C14H15BrN2O2/c15-11-3-1-2-10(8-11)9-17-14(18)12-4-6-19-7-5-13(12)16-17/h1-3,8,12H,4-7,9H2. The summed E-state index contributed by atoms with van der Waals surface area (Å²) in [6.45, 7) is 1.87. The van der Waals surface area contributed by atoms with Crippen LogP contribution in [-0.2, 0) is 16.1 Å². The number of fused-ring (bicyclic) bond motifs is 1. The molecule has 1 saturated heterocycles. The number of benzene rings is 1.